The van der Waals surface area contributed by atoms with Gasteiger partial charge in [-0.1, -0.05) is 92.1 Å². The molecule has 1 nitrogen and oxygen atoms in total. The molecule has 0 bridgehead atoms. The molecule has 0 unspecified atom stereocenters. The molecule has 0 atom stereocenters. The largest absolute Gasteiger partial charge is 0.313 e. The molecule has 0 aromatic heterocycles. The van der Waals surface area contributed by atoms with Crippen molar-refractivity contribution in [1.82, 2.24) is 0 Å². The lowest BCUT2D eigenvalue weighted by Crippen LogP contribution is -2.18. The summed E-state index contributed by atoms with van der Waals surface area (Å²) in [6, 6.07) is 19.8. The smallest absolute Gasteiger partial charge is 0.147 e. The van der Waals surface area contributed by atoms with Crippen molar-refractivity contribution in [2.24, 2.45) is 0 Å². The summed E-state index contributed by atoms with van der Waals surface area (Å²) in [5, 5.41) is 1.90. The Labute approximate surface area is 134 Å². The van der Waals surface area contributed by atoms with E-state index < -0.39 is 7.14 Å². The minimum Gasteiger partial charge on any atom is -0.313 e. The second-order valence-electron chi connectivity index (χ2n) is 5.76. The van der Waals surface area contributed by atoms with Crippen LogP contribution in [0.3, 0.4) is 0 Å². The highest BCUT2D eigenvalue weighted by Crippen LogP contribution is 2.44. The van der Waals surface area contributed by atoms with Crippen LogP contribution in [0.15, 0.2) is 72.3 Å². The Morgan fingerprint density at radius 3 is 1.91 bits per heavy atom. The summed E-state index contributed by atoms with van der Waals surface area (Å²) in [6.07, 6.45) is 6.34. The highest BCUT2D eigenvalue weighted by Gasteiger charge is 2.27. The molecule has 116 valence electrons. The minimum atomic E-state index is -2.60. The quantitative estimate of drug-likeness (QED) is 0.393. The molecule has 0 saturated heterocycles. The molecule has 0 aliphatic carbocycles. The number of hydrogen-bond donors (Lipinski definition) is 0. The third-order valence-corrected chi connectivity index (χ3v) is 7.08. The topological polar surface area (TPSA) is 17.1 Å². The predicted molar refractivity (Wildman–Crippen MR) is 97.9 cm³/mol. The Bertz CT molecular complexity index is 600. The summed E-state index contributed by atoms with van der Waals surface area (Å²) in [7, 11) is -2.60. The van der Waals surface area contributed by atoms with Crippen LogP contribution in [0.1, 0.15) is 33.1 Å². The van der Waals surface area contributed by atoms with Crippen LogP contribution in [0.4, 0.5) is 0 Å². The van der Waals surface area contributed by atoms with Gasteiger partial charge >= 0.3 is 0 Å². The summed E-state index contributed by atoms with van der Waals surface area (Å²) in [6.45, 7) is 4.30. The summed E-state index contributed by atoms with van der Waals surface area (Å²) in [4.78, 5) is 0. The van der Waals surface area contributed by atoms with Crippen LogP contribution in [-0.2, 0) is 4.57 Å². The number of rotatable bonds is 7. The van der Waals surface area contributed by atoms with Crippen LogP contribution in [0.5, 0.6) is 0 Å². The molecule has 0 heterocycles. The van der Waals surface area contributed by atoms with Gasteiger partial charge in [-0.3, -0.25) is 0 Å². The molecule has 0 saturated carbocycles. The Hall–Kier alpha value is -1.59. The monoisotopic (exact) mass is 312 g/mol. The zero-order chi connectivity index (χ0) is 15.8. The van der Waals surface area contributed by atoms with Gasteiger partial charge in [-0.15, -0.1) is 0 Å². The van der Waals surface area contributed by atoms with E-state index >= 15 is 0 Å². The first-order valence-electron chi connectivity index (χ1n) is 8.02. The number of hydrogen-bond acceptors (Lipinski definition) is 1. The van der Waals surface area contributed by atoms with Crippen LogP contribution in [0.25, 0.3) is 0 Å². The summed E-state index contributed by atoms with van der Waals surface area (Å²) in [5.74, 6) is 0. The maximum absolute atomic E-state index is 13.8. The second-order valence-corrected chi connectivity index (χ2v) is 8.59. The molecular formula is C20H25OP. The number of unbranched alkanes of at least 4 members (excludes halogenated alkanes) is 2. The van der Waals surface area contributed by atoms with Crippen molar-refractivity contribution < 1.29 is 4.57 Å². The van der Waals surface area contributed by atoms with Crippen LogP contribution in [0.2, 0.25) is 0 Å². The molecule has 2 aromatic rings. The van der Waals surface area contributed by atoms with Crippen molar-refractivity contribution in [2.45, 2.75) is 33.1 Å². The van der Waals surface area contributed by atoms with Crippen LogP contribution in [0, 0.1) is 0 Å². The molecule has 0 amide bonds. The van der Waals surface area contributed by atoms with E-state index in [0.29, 0.717) is 6.16 Å². The normalized spacial score (nSPS) is 12.4. The molecule has 0 fully saturated rings. The number of allylic oxidation sites excluding steroid dienone is 2. The number of benzene rings is 2. The molecule has 2 heteroatoms. The Kier molecular flexibility index (Phi) is 6.21. The van der Waals surface area contributed by atoms with Crippen molar-refractivity contribution in [3.63, 3.8) is 0 Å². The lowest BCUT2D eigenvalue weighted by molar-refractivity contribution is 0.588. The zero-order valence-electron chi connectivity index (χ0n) is 13.5. The maximum atomic E-state index is 13.8. The second kappa shape index (κ2) is 8.15. The highest BCUT2D eigenvalue weighted by molar-refractivity contribution is 7.78. The average molecular weight is 312 g/mol. The van der Waals surface area contributed by atoms with Gasteiger partial charge in [-0.05, 0) is 13.3 Å². The van der Waals surface area contributed by atoms with Crippen LogP contribution < -0.4 is 10.6 Å². The Balaban J connectivity index is 2.35. The fourth-order valence-corrected chi connectivity index (χ4v) is 5.44. The highest BCUT2D eigenvalue weighted by atomic mass is 31.2. The summed E-state index contributed by atoms with van der Waals surface area (Å²) in [5.41, 5.74) is 1.23. The fraction of sp³-hybridized carbons (Fsp3) is 0.300. The van der Waals surface area contributed by atoms with Crippen molar-refractivity contribution in [2.75, 3.05) is 6.16 Å². The van der Waals surface area contributed by atoms with Gasteiger partial charge in [0.25, 0.3) is 0 Å². The van der Waals surface area contributed by atoms with Gasteiger partial charge in [0.1, 0.15) is 7.14 Å². The average Bonchev–Trinajstić information content (AvgIpc) is 2.56. The lowest BCUT2D eigenvalue weighted by Gasteiger charge is -2.20. The third-order valence-electron chi connectivity index (χ3n) is 3.87. The lowest BCUT2D eigenvalue weighted by atomic mass is 10.2. The van der Waals surface area contributed by atoms with Crippen molar-refractivity contribution in [1.29, 1.82) is 0 Å². The van der Waals surface area contributed by atoms with E-state index in [2.05, 4.69) is 19.9 Å². The molecule has 22 heavy (non-hydrogen) atoms. The van der Waals surface area contributed by atoms with E-state index in [-0.39, 0.29) is 0 Å². The fourth-order valence-electron chi connectivity index (χ4n) is 2.64. The van der Waals surface area contributed by atoms with Gasteiger partial charge in [0.05, 0.1) is 0 Å². The summed E-state index contributed by atoms with van der Waals surface area (Å²) < 4.78 is 13.8. The zero-order valence-corrected chi connectivity index (χ0v) is 14.4. The first-order valence-corrected chi connectivity index (χ1v) is 9.92. The van der Waals surface area contributed by atoms with E-state index in [9.17, 15) is 4.57 Å². The molecule has 0 aliphatic rings. The summed E-state index contributed by atoms with van der Waals surface area (Å²) >= 11 is 0. The molecule has 0 aliphatic heterocycles. The molecule has 0 radical (unpaired) electrons. The first-order chi connectivity index (χ1) is 10.7. The standard InChI is InChI=1S/C20H25OP/c1-3-4-7-12-18(2)17-22(21,19-13-8-5-9-14-19)20-15-10-6-11-16-20/h5-6,8-16H,3-4,7,17H2,1-2H3/b18-12+. The SMILES string of the molecule is CCCC/C=C(\C)CP(=O)(c1ccccc1)c1ccccc1. The maximum Gasteiger partial charge on any atom is 0.147 e. The van der Waals surface area contributed by atoms with Gasteiger partial charge in [-0.2, -0.15) is 0 Å². The van der Waals surface area contributed by atoms with E-state index in [1.807, 2.05) is 60.7 Å². The van der Waals surface area contributed by atoms with E-state index in [4.69, 9.17) is 0 Å². The van der Waals surface area contributed by atoms with E-state index in [1.54, 1.807) is 0 Å². The van der Waals surface area contributed by atoms with Gasteiger partial charge in [0.2, 0.25) is 0 Å². The van der Waals surface area contributed by atoms with Gasteiger partial charge in [0.15, 0.2) is 0 Å². The Morgan fingerprint density at radius 2 is 1.45 bits per heavy atom. The minimum absolute atomic E-state index is 0.630. The van der Waals surface area contributed by atoms with Gasteiger partial charge < -0.3 is 4.57 Å². The van der Waals surface area contributed by atoms with E-state index in [0.717, 1.165) is 17.0 Å². The molecule has 2 rings (SSSR count). The molecule has 0 spiro atoms. The van der Waals surface area contributed by atoms with Crippen molar-refractivity contribution in [3.8, 4) is 0 Å². The molecule has 2 aromatic carbocycles. The molecule has 0 N–H and O–H groups in total. The third kappa shape index (κ3) is 4.21. The van der Waals surface area contributed by atoms with Crippen molar-refractivity contribution in [3.05, 3.63) is 72.3 Å². The Morgan fingerprint density at radius 1 is 0.955 bits per heavy atom. The van der Waals surface area contributed by atoms with E-state index in [1.165, 1.54) is 18.4 Å². The van der Waals surface area contributed by atoms with Crippen molar-refractivity contribution >= 4 is 17.8 Å². The first kappa shape index (κ1) is 16.8. The van der Waals surface area contributed by atoms with Crippen LogP contribution >= 0.6 is 7.14 Å². The predicted octanol–water partition coefficient (Wildman–Crippen LogP) is 5.14. The van der Waals surface area contributed by atoms with Crippen LogP contribution in [-0.4, -0.2) is 6.16 Å². The van der Waals surface area contributed by atoms with Gasteiger partial charge in [-0.25, -0.2) is 0 Å². The molecular weight excluding hydrogens is 287 g/mol. The van der Waals surface area contributed by atoms with Gasteiger partial charge in [0, 0.05) is 16.8 Å².